The Morgan fingerprint density at radius 3 is 2.53 bits per heavy atom. The number of aryl methyl sites for hydroxylation is 1. The van der Waals surface area contributed by atoms with Crippen molar-refractivity contribution >= 4 is 21.7 Å². The Kier molecular flexibility index (Phi) is 6.88. The number of hydrogen-bond donors (Lipinski definition) is 0. The van der Waals surface area contributed by atoms with Crippen molar-refractivity contribution in [2.24, 2.45) is 0 Å². The molecule has 2 heterocycles. The predicted octanol–water partition coefficient (Wildman–Crippen LogP) is 2.87. The molecule has 1 aromatic heterocycles. The molecule has 0 aliphatic carbocycles. The van der Waals surface area contributed by atoms with Gasteiger partial charge in [-0.15, -0.1) is 0 Å². The molecule has 0 saturated carbocycles. The Labute approximate surface area is 179 Å². The van der Waals surface area contributed by atoms with Crippen LogP contribution in [-0.2, 0) is 34.2 Å². The number of carbonyl (C=O) groups excluding carboxylic acids is 1. The number of hydrogen-bond acceptors (Lipinski definition) is 5. The number of rotatable bonds is 8. The minimum atomic E-state index is -3.42. The first kappa shape index (κ1) is 22.4. The first-order chi connectivity index (χ1) is 14.2. The summed E-state index contributed by atoms with van der Waals surface area (Å²) in [6.45, 7) is 6.08. The van der Waals surface area contributed by atoms with Gasteiger partial charge in [-0.3, -0.25) is 9.69 Å². The lowest BCUT2D eigenvalue weighted by atomic mass is 10.0. The average molecular weight is 431 g/mol. The summed E-state index contributed by atoms with van der Waals surface area (Å²) in [5, 5.41) is -0.467. The van der Waals surface area contributed by atoms with E-state index in [-0.39, 0.29) is 12.5 Å². The second-order valence-electron chi connectivity index (χ2n) is 7.83. The van der Waals surface area contributed by atoms with Crippen LogP contribution in [-0.4, -0.2) is 47.4 Å². The average Bonchev–Trinajstić information content (AvgIpc) is 2.73. The molecule has 0 fully saturated rings. The highest BCUT2D eigenvalue weighted by Gasteiger charge is 2.29. The summed E-state index contributed by atoms with van der Waals surface area (Å²) in [7, 11) is -1.87. The summed E-state index contributed by atoms with van der Waals surface area (Å²) in [4.78, 5) is 23.6. The molecule has 3 rings (SSSR count). The SMILES string of the molecule is CC[C@@H](C)S(=O)(=O)N(C)Cc1nc(C)c2c(n1)N(CCc1ccccc1)C(=O)CC2. The quantitative estimate of drug-likeness (QED) is 0.643. The zero-order chi connectivity index (χ0) is 21.9. The molecule has 0 N–H and O–H groups in total. The second kappa shape index (κ2) is 9.22. The van der Waals surface area contributed by atoms with E-state index in [9.17, 15) is 13.2 Å². The number of fused-ring (bicyclic) bond motifs is 1. The van der Waals surface area contributed by atoms with Gasteiger partial charge in [-0.25, -0.2) is 18.4 Å². The van der Waals surface area contributed by atoms with Crippen LogP contribution in [0.5, 0.6) is 0 Å². The summed E-state index contributed by atoms with van der Waals surface area (Å²) in [6, 6.07) is 10.0. The second-order valence-corrected chi connectivity index (χ2v) is 10.3. The Morgan fingerprint density at radius 2 is 1.87 bits per heavy atom. The maximum Gasteiger partial charge on any atom is 0.228 e. The third kappa shape index (κ3) is 4.70. The summed E-state index contributed by atoms with van der Waals surface area (Å²) in [6.07, 6.45) is 2.32. The molecule has 0 unspecified atom stereocenters. The van der Waals surface area contributed by atoms with Gasteiger partial charge in [-0.2, -0.15) is 4.31 Å². The maximum atomic E-state index is 12.7. The van der Waals surface area contributed by atoms with E-state index < -0.39 is 15.3 Å². The lowest BCUT2D eigenvalue weighted by Gasteiger charge is -2.30. The van der Waals surface area contributed by atoms with E-state index in [1.807, 2.05) is 44.2 Å². The largest absolute Gasteiger partial charge is 0.296 e. The number of sulfonamides is 1. The van der Waals surface area contributed by atoms with Crippen LogP contribution in [0.15, 0.2) is 30.3 Å². The third-order valence-corrected chi connectivity index (χ3v) is 8.08. The Morgan fingerprint density at radius 1 is 1.17 bits per heavy atom. The van der Waals surface area contributed by atoms with Gasteiger partial charge in [0.2, 0.25) is 15.9 Å². The van der Waals surface area contributed by atoms with Crippen LogP contribution < -0.4 is 4.90 Å². The minimum Gasteiger partial charge on any atom is -0.296 e. The number of amides is 1. The van der Waals surface area contributed by atoms with Crippen molar-refractivity contribution in [2.75, 3.05) is 18.5 Å². The molecule has 2 aromatic rings. The summed E-state index contributed by atoms with van der Waals surface area (Å²) >= 11 is 0. The molecule has 1 aliphatic heterocycles. The van der Waals surface area contributed by atoms with E-state index in [1.165, 1.54) is 4.31 Å². The van der Waals surface area contributed by atoms with Gasteiger partial charge in [-0.05, 0) is 38.7 Å². The standard InChI is InChI=1S/C22H30N4O3S/c1-5-16(2)30(28,29)25(4)15-20-23-17(3)19-11-12-21(27)26(22(19)24-20)14-13-18-9-7-6-8-10-18/h6-10,16H,5,11-15H2,1-4H3/t16-/m1/s1. The van der Waals surface area contributed by atoms with Crippen LogP contribution in [0.2, 0.25) is 0 Å². The number of carbonyl (C=O) groups is 1. The lowest BCUT2D eigenvalue weighted by molar-refractivity contribution is -0.118. The van der Waals surface area contributed by atoms with E-state index in [0.717, 1.165) is 23.2 Å². The van der Waals surface area contributed by atoms with E-state index in [1.54, 1.807) is 18.9 Å². The van der Waals surface area contributed by atoms with Gasteiger partial charge in [0.1, 0.15) is 11.6 Å². The number of aromatic nitrogens is 2. The fourth-order valence-electron chi connectivity index (χ4n) is 3.63. The molecule has 1 atom stereocenters. The van der Waals surface area contributed by atoms with Gasteiger partial charge in [0, 0.05) is 31.3 Å². The van der Waals surface area contributed by atoms with E-state index in [4.69, 9.17) is 0 Å². The highest BCUT2D eigenvalue weighted by atomic mass is 32.2. The van der Waals surface area contributed by atoms with Crippen molar-refractivity contribution < 1.29 is 13.2 Å². The zero-order valence-corrected chi connectivity index (χ0v) is 18.9. The Bertz CT molecular complexity index is 1010. The summed E-state index contributed by atoms with van der Waals surface area (Å²) in [5.74, 6) is 1.09. The van der Waals surface area contributed by atoms with Crippen molar-refractivity contribution in [3.05, 3.63) is 53.0 Å². The minimum absolute atomic E-state index is 0.0445. The van der Waals surface area contributed by atoms with Crippen molar-refractivity contribution in [3.8, 4) is 0 Å². The van der Waals surface area contributed by atoms with E-state index >= 15 is 0 Å². The number of nitrogens with zero attached hydrogens (tertiary/aromatic N) is 4. The number of benzene rings is 1. The molecule has 0 radical (unpaired) electrons. The first-order valence-corrected chi connectivity index (χ1v) is 11.9. The Balaban J connectivity index is 1.87. The van der Waals surface area contributed by atoms with Gasteiger partial charge in [-0.1, -0.05) is 37.3 Å². The van der Waals surface area contributed by atoms with Crippen molar-refractivity contribution in [3.63, 3.8) is 0 Å². The van der Waals surface area contributed by atoms with E-state index in [2.05, 4.69) is 9.97 Å². The van der Waals surface area contributed by atoms with Crippen molar-refractivity contribution in [2.45, 2.75) is 58.2 Å². The van der Waals surface area contributed by atoms with Gasteiger partial charge in [0.15, 0.2) is 0 Å². The molecule has 7 nitrogen and oxygen atoms in total. The third-order valence-electron chi connectivity index (χ3n) is 5.73. The van der Waals surface area contributed by atoms with Crippen LogP contribution in [0, 0.1) is 6.92 Å². The van der Waals surface area contributed by atoms with Crippen LogP contribution >= 0.6 is 0 Å². The van der Waals surface area contributed by atoms with Gasteiger partial charge < -0.3 is 0 Å². The molecule has 1 aliphatic rings. The van der Waals surface area contributed by atoms with Crippen LogP contribution in [0.25, 0.3) is 0 Å². The maximum absolute atomic E-state index is 12.7. The molecule has 0 bridgehead atoms. The normalized spacial score (nSPS) is 15.4. The van der Waals surface area contributed by atoms with E-state index in [0.29, 0.717) is 37.4 Å². The van der Waals surface area contributed by atoms with Crippen molar-refractivity contribution in [1.82, 2.24) is 14.3 Å². The molecule has 30 heavy (non-hydrogen) atoms. The Hall–Kier alpha value is -2.32. The molecular weight excluding hydrogens is 400 g/mol. The molecule has 162 valence electrons. The predicted molar refractivity (Wildman–Crippen MR) is 118 cm³/mol. The molecule has 0 spiro atoms. The van der Waals surface area contributed by atoms with Crippen LogP contribution in [0.4, 0.5) is 5.82 Å². The number of anilines is 1. The van der Waals surface area contributed by atoms with Gasteiger partial charge >= 0.3 is 0 Å². The van der Waals surface area contributed by atoms with Gasteiger partial charge in [0.05, 0.1) is 11.8 Å². The zero-order valence-electron chi connectivity index (χ0n) is 18.1. The van der Waals surface area contributed by atoms with Crippen LogP contribution in [0.3, 0.4) is 0 Å². The first-order valence-electron chi connectivity index (χ1n) is 10.4. The lowest BCUT2D eigenvalue weighted by Crippen LogP contribution is -2.39. The molecule has 8 heteroatoms. The fourth-order valence-corrected chi connectivity index (χ4v) is 4.96. The molecule has 1 amide bonds. The monoisotopic (exact) mass is 430 g/mol. The highest BCUT2D eigenvalue weighted by Crippen LogP contribution is 2.28. The molecule has 0 saturated heterocycles. The fraction of sp³-hybridized carbons (Fsp3) is 0.500. The van der Waals surface area contributed by atoms with Crippen molar-refractivity contribution in [1.29, 1.82) is 0 Å². The van der Waals surface area contributed by atoms with Crippen LogP contribution in [0.1, 0.15) is 49.3 Å². The molecule has 1 aromatic carbocycles. The highest BCUT2D eigenvalue weighted by molar-refractivity contribution is 7.89. The van der Waals surface area contributed by atoms with Gasteiger partial charge in [0.25, 0.3) is 0 Å². The summed E-state index contributed by atoms with van der Waals surface area (Å²) in [5.41, 5.74) is 2.93. The summed E-state index contributed by atoms with van der Waals surface area (Å²) < 4.78 is 26.5. The topological polar surface area (TPSA) is 83.5 Å². The molecular formula is C22H30N4O3S. The smallest absolute Gasteiger partial charge is 0.228 e.